The van der Waals surface area contributed by atoms with Crippen LogP contribution in [0.1, 0.15) is 44.5 Å². The van der Waals surface area contributed by atoms with Crippen LogP contribution in [0.25, 0.3) is 0 Å². The minimum atomic E-state index is -0.604. The smallest absolute Gasteiger partial charge is 0.141 e. The number of hydrogen-bond donors (Lipinski definition) is 1. The van der Waals surface area contributed by atoms with E-state index in [9.17, 15) is 5.11 Å². The lowest BCUT2D eigenvalue weighted by Crippen LogP contribution is -2.45. The molecular formula is C12H20N2O2. The van der Waals surface area contributed by atoms with Crippen molar-refractivity contribution >= 4 is 0 Å². The highest BCUT2D eigenvalue weighted by molar-refractivity contribution is 5.08. The fourth-order valence-electron chi connectivity index (χ4n) is 2.35. The molecule has 1 aliphatic rings. The van der Waals surface area contributed by atoms with Crippen molar-refractivity contribution in [3.05, 3.63) is 18.2 Å². The molecule has 1 aromatic rings. The van der Waals surface area contributed by atoms with Gasteiger partial charge in [0.05, 0.1) is 0 Å². The Morgan fingerprint density at radius 1 is 1.62 bits per heavy atom. The minimum absolute atomic E-state index is 0.392. The van der Waals surface area contributed by atoms with E-state index in [0.717, 1.165) is 38.1 Å². The van der Waals surface area contributed by atoms with Crippen molar-refractivity contribution in [3.63, 3.8) is 0 Å². The molecule has 4 heteroatoms. The van der Waals surface area contributed by atoms with E-state index in [1.165, 1.54) is 0 Å². The molecule has 90 valence electrons. The summed E-state index contributed by atoms with van der Waals surface area (Å²) in [5, 5.41) is 10.4. The summed E-state index contributed by atoms with van der Waals surface area (Å²) in [5.74, 6) is 0.739. The van der Waals surface area contributed by atoms with Gasteiger partial charge in [0.2, 0.25) is 0 Å². The van der Waals surface area contributed by atoms with Gasteiger partial charge in [0.25, 0.3) is 0 Å². The first-order chi connectivity index (χ1) is 7.73. The fraction of sp³-hybridized carbons (Fsp3) is 0.750. The Hall–Kier alpha value is -0.870. The third-order valence-electron chi connectivity index (χ3n) is 3.56. The number of hydrogen-bond acceptors (Lipinski definition) is 3. The van der Waals surface area contributed by atoms with Gasteiger partial charge in [-0.05, 0) is 25.7 Å². The Morgan fingerprint density at radius 2 is 2.38 bits per heavy atom. The first-order valence-electron chi connectivity index (χ1n) is 5.98. The summed E-state index contributed by atoms with van der Waals surface area (Å²) in [6.07, 6.45) is 7.07. The van der Waals surface area contributed by atoms with E-state index in [1.807, 2.05) is 10.8 Å². The molecule has 1 saturated carbocycles. The Labute approximate surface area is 96.3 Å². The Balaban J connectivity index is 2.19. The third-order valence-corrected chi connectivity index (χ3v) is 3.56. The molecule has 2 rings (SSSR count). The maximum Gasteiger partial charge on any atom is 0.141 e. The van der Waals surface area contributed by atoms with Crippen LogP contribution in [0.4, 0.5) is 0 Å². The van der Waals surface area contributed by atoms with Crippen molar-refractivity contribution in [2.75, 3.05) is 7.11 Å². The summed E-state index contributed by atoms with van der Waals surface area (Å²) in [4.78, 5) is 4.26. The molecule has 1 aliphatic carbocycles. The van der Waals surface area contributed by atoms with Gasteiger partial charge in [-0.15, -0.1) is 0 Å². The third kappa shape index (κ3) is 1.76. The largest absolute Gasteiger partial charge is 0.382 e. The lowest BCUT2D eigenvalue weighted by Gasteiger charge is -2.43. The van der Waals surface area contributed by atoms with E-state index in [1.54, 1.807) is 13.3 Å². The van der Waals surface area contributed by atoms with Crippen LogP contribution in [0.3, 0.4) is 0 Å². The number of rotatable bonds is 5. The van der Waals surface area contributed by atoms with Crippen LogP contribution in [-0.2, 0) is 11.3 Å². The topological polar surface area (TPSA) is 47.3 Å². The van der Waals surface area contributed by atoms with E-state index < -0.39 is 11.7 Å². The fourth-order valence-corrected chi connectivity index (χ4v) is 2.35. The summed E-state index contributed by atoms with van der Waals surface area (Å²) >= 11 is 0. The lowest BCUT2D eigenvalue weighted by atomic mass is 9.75. The molecule has 1 heterocycles. The van der Waals surface area contributed by atoms with Crippen LogP contribution in [0.15, 0.2) is 12.4 Å². The van der Waals surface area contributed by atoms with Crippen LogP contribution < -0.4 is 0 Å². The zero-order valence-electron chi connectivity index (χ0n) is 10.0. The molecule has 1 fully saturated rings. The molecule has 0 spiro atoms. The van der Waals surface area contributed by atoms with E-state index in [2.05, 4.69) is 11.9 Å². The zero-order chi connectivity index (χ0) is 11.6. The molecule has 4 nitrogen and oxygen atoms in total. The van der Waals surface area contributed by atoms with Gasteiger partial charge in [0.15, 0.2) is 0 Å². The summed E-state index contributed by atoms with van der Waals surface area (Å²) in [6.45, 7) is 3.01. The van der Waals surface area contributed by atoms with Gasteiger partial charge >= 0.3 is 0 Å². The van der Waals surface area contributed by atoms with Crippen molar-refractivity contribution in [1.29, 1.82) is 0 Å². The Kier molecular flexibility index (Phi) is 3.30. The van der Waals surface area contributed by atoms with Crippen molar-refractivity contribution in [2.45, 2.75) is 50.9 Å². The highest BCUT2D eigenvalue weighted by Gasteiger charge is 2.46. The van der Waals surface area contributed by atoms with Crippen LogP contribution in [0.5, 0.6) is 0 Å². The van der Waals surface area contributed by atoms with Crippen molar-refractivity contribution in [1.82, 2.24) is 9.55 Å². The van der Waals surface area contributed by atoms with Crippen molar-refractivity contribution in [3.8, 4) is 0 Å². The minimum Gasteiger partial charge on any atom is -0.382 e. The van der Waals surface area contributed by atoms with Crippen molar-refractivity contribution in [2.24, 2.45) is 0 Å². The predicted octanol–water partition coefficient (Wildman–Crippen LogP) is 1.90. The highest BCUT2D eigenvalue weighted by Crippen LogP contribution is 2.44. The average molecular weight is 224 g/mol. The van der Waals surface area contributed by atoms with Gasteiger partial charge in [-0.25, -0.2) is 4.98 Å². The molecule has 0 saturated heterocycles. The number of aliphatic hydroxyl groups excluding tert-OH is 1. The second kappa shape index (κ2) is 4.55. The van der Waals surface area contributed by atoms with Crippen LogP contribution in [0.2, 0.25) is 0 Å². The number of ether oxygens (including phenoxy) is 1. The average Bonchev–Trinajstić information content (AvgIpc) is 2.65. The molecule has 0 aromatic carbocycles. The summed E-state index contributed by atoms with van der Waals surface area (Å²) < 4.78 is 7.51. The quantitative estimate of drug-likeness (QED) is 0.831. The Bertz CT molecular complexity index is 339. The van der Waals surface area contributed by atoms with E-state index in [4.69, 9.17) is 4.74 Å². The summed E-state index contributed by atoms with van der Waals surface area (Å²) in [5.41, 5.74) is -0.392. The summed E-state index contributed by atoms with van der Waals surface area (Å²) in [7, 11) is 1.68. The molecule has 0 aliphatic heterocycles. The van der Waals surface area contributed by atoms with Gasteiger partial charge in [-0.2, -0.15) is 0 Å². The van der Waals surface area contributed by atoms with Gasteiger partial charge in [-0.3, -0.25) is 0 Å². The number of aryl methyl sites for hydroxylation is 1. The molecule has 16 heavy (non-hydrogen) atoms. The normalized spacial score (nSPS) is 20.4. The molecule has 1 N–H and O–H groups in total. The monoisotopic (exact) mass is 224 g/mol. The van der Waals surface area contributed by atoms with Crippen LogP contribution in [0, 0.1) is 0 Å². The van der Waals surface area contributed by atoms with Crippen molar-refractivity contribution < 1.29 is 9.84 Å². The second-order valence-electron chi connectivity index (χ2n) is 4.50. The van der Waals surface area contributed by atoms with Gasteiger partial charge in [0.1, 0.15) is 17.5 Å². The van der Waals surface area contributed by atoms with Gasteiger partial charge < -0.3 is 14.4 Å². The molecule has 0 bridgehead atoms. The number of imidazole rings is 1. The molecule has 1 aromatic heterocycles. The lowest BCUT2D eigenvalue weighted by molar-refractivity contribution is -0.155. The molecular weight excluding hydrogens is 204 g/mol. The van der Waals surface area contributed by atoms with E-state index in [-0.39, 0.29) is 0 Å². The highest BCUT2D eigenvalue weighted by atomic mass is 16.5. The summed E-state index contributed by atoms with van der Waals surface area (Å²) in [6, 6.07) is 0. The maximum absolute atomic E-state index is 10.4. The van der Waals surface area contributed by atoms with Gasteiger partial charge in [-0.1, -0.05) is 6.92 Å². The predicted molar refractivity (Wildman–Crippen MR) is 61.1 cm³/mol. The van der Waals surface area contributed by atoms with Crippen LogP contribution in [-0.4, -0.2) is 27.4 Å². The maximum atomic E-state index is 10.4. The Morgan fingerprint density at radius 3 is 2.88 bits per heavy atom. The SMILES string of the molecule is CCCn1ccnc1C(O)C1(OC)CCC1. The first kappa shape index (κ1) is 11.6. The van der Waals surface area contributed by atoms with Gasteiger partial charge in [0, 0.05) is 26.0 Å². The molecule has 0 amide bonds. The number of nitrogens with zero attached hydrogens (tertiary/aromatic N) is 2. The number of aromatic nitrogens is 2. The number of methoxy groups -OCH3 is 1. The number of aliphatic hydroxyl groups is 1. The van der Waals surface area contributed by atoms with E-state index >= 15 is 0 Å². The molecule has 1 atom stereocenters. The van der Waals surface area contributed by atoms with Crippen LogP contribution >= 0.6 is 0 Å². The first-order valence-corrected chi connectivity index (χ1v) is 5.98. The van der Waals surface area contributed by atoms with E-state index in [0.29, 0.717) is 0 Å². The second-order valence-corrected chi connectivity index (χ2v) is 4.50. The zero-order valence-corrected chi connectivity index (χ0v) is 10.0. The standard InChI is InChI=1S/C12H20N2O2/c1-3-8-14-9-7-13-11(14)10(15)12(16-2)5-4-6-12/h7,9-10,15H,3-6,8H2,1-2H3. The molecule has 1 unspecified atom stereocenters. The molecule has 0 radical (unpaired) electrons.